The number of nitrogens with one attached hydrogen (secondary N) is 1. The summed E-state index contributed by atoms with van der Waals surface area (Å²) in [5.74, 6) is -0.285. The van der Waals surface area contributed by atoms with E-state index in [1.54, 1.807) is 31.4 Å². The van der Waals surface area contributed by atoms with Crippen LogP contribution < -0.4 is 18.9 Å². The van der Waals surface area contributed by atoms with E-state index in [-0.39, 0.29) is 53.3 Å². The van der Waals surface area contributed by atoms with Crippen molar-refractivity contribution in [3.8, 4) is 23.0 Å². The van der Waals surface area contributed by atoms with Gasteiger partial charge in [0.2, 0.25) is 5.75 Å². The molecule has 4 aromatic rings. The van der Waals surface area contributed by atoms with Crippen molar-refractivity contribution in [1.29, 1.82) is 0 Å². The Balaban J connectivity index is 1.06. The van der Waals surface area contributed by atoms with Crippen molar-refractivity contribution in [3.63, 3.8) is 0 Å². The standard InChI is InChI=1S/C39H41ClN2O10/c1-46-25-8-9-27-28-10-11-42-19-23-13-26(16-30(38(44)49-4)29(23)18-32(42)35(28)41-31(27)17-25)51-37(43)22-14-33(47-2)36(34(15-22)48-3)52-39(45)50-20-21-6-5-7-24(40)12-21/h5-9,12,14-15,17,23,26,29-30,32,41H,10-11,13,16,18-20H2,1-4H3. The maximum absolute atomic E-state index is 13.7. The Morgan fingerprint density at radius 2 is 1.71 bits per heavy atom. The van der Waals surface area contributed by atoms with Gasteiger partial charge in [-0.2, -0.15) is 0 Å². The first-order valence-corrected chi connectivity index (χ1v) is 17.6. The molecule has 0 amide bonds. The lowest BCUT2D eigenvalue weighted by Gasteiger charge is -2.51. The second-order valence-corrected chi connectivity index (χ2v) is 13.9. The molecule has 2 fully saturated rings. The van der Waals surface area contributed by atoms with Crippen LogP contribution in [0.5, 0.6) is 23.0 Å². The Bertz CT molecular complexity index is 1970. The lowest BCUT2D eigenvalue weighted by molar-refractivity contribution is -0.155. The number of esters is 2. The molecule has 3 heterocycles. The van der Waals surface area contributed by atoms with Gasteiger partial charge >= 0.3 is 18.1 Å². The number of methoxy groups -OCH3 is 4. The van der Waals surface area contributed by atoms with Gasteiger partial charge in [-0.1, -0.05) is 23.7 Å². The predicted molar refractivity (Wildman–Crippen MR) is 190 cm³/mol. The number of aromatic nitrogens is 1. The molecule has 0 spiro atoms. The van der Waals surface area contributed by atoms with Crippen LogP contribution in [0.25, 0.3) is 10.9 Å². The highest BCUT2D eigenvalue weighted by Gasteiger charge is 2.49. The van der Waals surface area contributed by atoms with Crippen molar-refractivity contribution in [2.24, 2.45) is 17.8 Å². The average molecular weight is 733 g/mol. The number of aromatic amines is 1. The minimum atomic E-state index is -0.998. The number of benzene rings is 3. The van der Waals surface area contributed by atoms with E-state index >= 15 is 0 Å². The van der Waals surface area contributed by atoms with Crippen LogP contribution in [0.4, 0.5) is 4.79 Å². The van der Waals surface area contributed by atoms with Gasteiger partial charge in [0.05, 0.1) is 46.0 Å². The largest absolute Gasteiger partial charge is 0.514 e. The first-order chi connectivity index (χ1) is 25.2. The van der Waals surface area contributed by atoms with Gasteiger partial charge in [-0.25, -0.2) is 9.59 Å². The molecule has 2 aliphatic heterocycles. The summed E-state index contributed by atoms with van der Waals surface area (Å²) in [4.78, 5) is 45.7. The zero-order valence-corrected chi connectivity index (χ0v) is 30.2. The summed E-state index contributed by atoms with van der Waals surface area (Å²) in [6.07, 6.45) is 1.14. The fourth-order valence-electron chi connectivity index (χ4n) is 8.25. The molecule has 3 aromatic carbocycles. The smallest absolute Gasteiger partial charge is 0.497 e. The van der Waals surface area contributed by atoms with Gasteiger partial charge in [0.15, 0.2) is 11.5 Å². The fourth-order valence-corrected chi connectivity index (χ4v) is 8.47. The normalized spacial score (nSPS) is 22.3. The molecular formula is C39H41ClN2O10. The molecule has 274 valence electrons. The van der Waals surface area contributed by atoms with Crippen molar-refractivity contribution >= 4 is 40.6 Å². The Labute approximate surface area is 306 Å². The molecule has 5 unspecified atom stereocenters. The summed E-state index contributed by atoms with van der Waals surface area (Å²) in [7, 11) is 5.82. The molecule has 5 atom stereocenters. The molecule has 3 aliphatic rings. The van der Waals surface area contributed by atoms with Gasteiger partial charge in [0.1, 0.15) is 18.5 Å². The molecule has 0 radical (unpaired) electrons. The van der Waals surface area contributed by atoms with Crippen molar-refractivity contribution in [2.45, 2.75) is 44.4 Å². The Hall–Kier alpha value is -4.94. The summed E-state index contributed by atoms with van der Waals surface area (Å²) < 4.78 is 38.5. The van der Waals surface area contributed by atoms with E-state index < -0.39 is 24.1 Å². The number of hydrogen-bond donors (Lipinski definition) is 1. The summed E-state index contributed by atoms with van der Waals surface area (Å²) in [6.45, 7) is 1.60. The second kappa shape index (κ2) is 15.0. The number of ether oxygens (including phenoxy) is 7. The van der Waals surface area contributed by atoms with Crippen LogP contribution in [-0.4, -0.2) is 75.6 Å². The first-order valence-electron chi connectivity index (χ1n) is 17.3. The SMILES string of the molecule is COC(=O)C1CC(OC(=O)c2cc(OC)c(OC(=O)OCc3cccc(Cl)c3)c(OC)c2)CC2CN3CCc4c([nH]c5cc(OC)ccc45)C3CC21. The Kier molecular flexibility index (Phi) is 10.2. The molecule has 52 heavy (non-hydrogen) atoms. The Morgan fingerprint density at radius 3 is 2.42 bits per heavy atom. The molecule has 1 aliphatic carbocycles. The number of halogens is 1. The average Bonchev–Trinajstić information content (AvgIpc) is 3.54. The van der Waals surface area contributed by atoms with Crippen molar-refractivity contribution < 1.29 is 47.5 Å². The van der Waals surface area contributed by atoms with Crippen LogP contribution in [0.3, 0.4) is 0 Å². The molecule has 0 bridgehead atoms. The third-order valence-electron chi connectivity index (χ3n) is 10.6. The van der Waals surface area contributed by atoms with Gasteiger partial charge in [0, 0.05) is 40.8 Å². The Morgan fingerprint density at radius 1 is 0.923 bits per heavy atom. The number of rotatable bonds is 9. The molecule has 12 nitrogen and oxygen atoms in total. The van der Waals surface area contributed by atoms with Gasteiger partial charge in [-0.3, -0.25) is 9.69 Å². The molecule has 13 heteroatoms. The van der Waals surface area contributed by atoms with Crippen molar-refractivity contribution in [1.82, 2.24) is 9.88 Å². The monoisotopic (exact) mass is 732 g/mol. The summed E-state index contributed by atoms with van der Waals surface area (Å²) in [5, 5.41) is 1.72. The number of carbonyl (C=O) groups is 3. The first kappa shape index (κ1) is 35.5. The summed E-state index contributed by atoms with van der Waals surface area (Å²) in [6, 6.07) is 16.0. The van der Waals surface area contributed by atoms with E-state index in [2.05, 4.69) is 16.0 Å². The molecule has 1 saturated carbocycles. The van der Waals surface area contributed by atoms with Crippen LogP contribution in [0, 0.1) is 17.8 Å². The van der Waals surface area contributed by atoms with Crippen LogP contribution in [0.1, 0.15) is 52.5 Å². The number of carbonyl (C=O) groups excluding carboxylic acids is 3. The van der Waals surface area contributed by atoms with Crippen LogP contribution in [0.15, 0.2) is 54.6 Å². The second-order valence-electron chi connectivity index (χ2n) is 13.5. The quantitative estimate of drug-likeness (QED) is 0.109. The minimum Gasteiger partial charge on any atom is -0.497 e. The molecular weight excluding hydrogens is 692 g/mol. The molecule has 7 rings (SSSR count). The third-order valence-corrected chi connectivity index (χ3v) is 10.9. The fraction of sp³-hybridized carbons (Fsp3) is 0.410. The van der Waals surface area contributed by atoms with Gasteiger partial charge in [-0.05, 0) is 85.0 Å². The molecule has 1 saturated heterocycles. The number of H-pyrrole nitrogens is 1. The van der Waals surface area contributed by atoms with E-state index in [1.165, 1.54) is 50.1 Å². The van der Waals surface area contributed by atoms with Crippen LogP contribution >= 0.6 is 11.6 Å². The minimum absolute atomic E-state index is 0.0561. The number of fused-ring (bicyclic) bond motifs is 6. The topological polar surface area (TPSA) is 135 Å². The number of hydrogen-bond acceptors (Lipinski definition) is 11. The van der Waals surface area contributed by atoms with Gasteiger partial charge in [0.25, 0.3) is 0 Å². The van der Waals surface area contributed by atoms with Crippen molar-refractivity contribution in [3.05, 3.63) is 82.0 Å². The number of piperidine rings is 1. The van der Waals surface area contributed by atoms with Gasteiger partial charge < -0.3 is 38.1 Å². The number of nitrogens with zero attached hydrogens (tertiary/aromatic N) is 1. The maximum atomic E-state index is 13.7. The third kappa shape index (κ3) is 6.97. The van der Waals surface area contributed by atoms with E-state index in [0.717, 1.165) is 37.2 Å². The van der Waals surface area contributed by atoms with E-state index in [0.29, 0.717) is 23.4 Å². The summed E-state index contributed by atoms with van der Waals surface area (Å²) in [5.41, 5.74) is 4.39. The molecule has 1 aromatic heterocycles. The van der Waals surface area contributed by atoms with Crippen LogP contribution in [0.2, 0.25) is 5.02 Å². The van der Waals surface area contributed by atoms with Gasteiger partial charge in [-0.15, -0.1) is 0 Å². The highest BCUT2D eigenvalue weighted by molar-refractivity contribution is 6.30. The zero-order valence-electron chi connectivity index (χ0n) is 29.4. The van der Waals surface area contributed by atoms with Crippen LogP contribution in [-0.2, 0) is 32.0 Å². The van der Waals surface area contributed by atoms with Crippen molar-refractivity contribution in [2.75, 3.05) is 41.5 Å². The highest BCUT2D eigenvalue weighted by Crippen LogP contribution is 2.50. The lowest BCUT2D eigenvalue weighted by atomic mass is 9.65. The lowest BCUT2D eigenvalue weighted by Crippen LogP contribution is -2.52. The zero-order chi connectivity index (χ0) is 36.5. The van der Waals surface area contributed by atoms with E-state index in [1.807, 2.05) is 12.1 Å². The van der Waals surface area contributed by atoms with E-state index in [4.69, 9.17) is 44.8 Å². The van der Waals surface area contributed by atoms with E-state index in [9.17, 15) is 14.4 Å². The summed E-state index contributed by atoms with van der Waals surface area (Å²) >= 11 is 6.02. The highest BCUT2D eigenvalue weighted by atomic mass is 35.5. The maximum Gasteiger partial charge on any atom is 0.514 e. The predicted octanol–water partition coefficient (Wildman–Crippen LogP) is 6.91. The molecule has 1 N–H and O–H groups in total.